The molecule has 1 aliphatic carbocycles. The van der Waals surface area contributed by atoms with Crippen molar-refractivity contribution in [2.75, 3.05) is 20.1 Å². The molecule has 1 aliphatic heterocycles. The summed E-state index contributed by atoms with van der Waals surface area (Å²) in [6.45, 7) is 5.23. The number of fused-ring (bicyclic) bond motifs is 1. The molecule has 1 fully saturated rings. The number of hydrogen-bond acceptors (Lipinski definition) is 2. The molecule has 1 heterocycles. The van der Waals surface area contributed by atoms with Gasteiger partial charge in [0.25, 0.3) is 0 Å². The fourth-order valence-corrected chi connectivity index (χ4v) is 4.32. The lowest BCUT2D eigenvalue weighted by Gasteiger charge is -2.38. The van der Waals surface area contributed by atoms with Gasteiger partial charge in [-0.25, -0.2) is 0 Å². The molecule has 136 valence electrons. The Morgan fingerprint density at radius 1 is 1.16 bits per heavy atom. The number of likely N-dealkylation sites (tertiary alicyclic amines) is 1. The topological polar surface area (TPSA) is 40.6 Å². The molecular formula is C21H30N2O2. The predicted molar refractivity (Wildman–Crippen MR) is 99.0 cm³/mol. The van der Waals surface area contributed by atoms with Crippen LogP contribution in [-0.2, 0) is 16.0 Å². The van der Waals surface area contributed by atoms with Gasteiger partial charge in [-0.05, 0) is 43.2 Å². The quantitative estimate of drug-likeness (QED) is 0.844. The van der Waals surface area contributed by atoms with Gasteiger partial charge < -0.3 is 9.80 Å². The summed E-state index contributed by atoms with van der Waals surface area (Å²) in [7, 11) is 1.94. The Morgan fingerprint density at radius 3 is 2.68 bits per heavy atom. The first kappa shape index (κ1) is 18.0. The predicted octanol–water partition coefficient (Wildman–Crippen LogP) is 3.42. The molecule has 1 aromatic carbocycles. The number of hydrogen-bond donors (Lipinski definition) is 0. The van der Waals surface area contributed by atoms with E-state index in [2.05, 4.69) is 24.3 Å². The van der Waals surface area contributed by atoms with E-state index in [0.717, 1.165) is 38.6 Å². The Bertz CT molecular complexity index is 641. The minimum atomic E-state index is -0.0597. The summed E-state index contributed by atoms with van der Waals surface area (Å²) in [5, 5.41) is 0. The number of carbonyl (C=O) groups is 2. The third-order valence-electron chi connectivity index (χ3n) is 5.73. The minimum absolute atomic E-state index is 0.00296. The maximum atomic E-state index is 13.1. The van der Waals surface area contributed by atoms with Crippen LogP contribution in [0, 0.1) is 11.8 Å². The molecule has 4 heteroatoms. The molecule has 3 rings (SSSR count). The second-order valence-electron chi connectivity index (χ2n) is 7.83. The van der Waals surface area contributed by atoms with Gasteiger partial charge in [0.05, 0.1) is 12.0 Å². The monoisotopic (exact) mass is 342 g/mol. The van der Waals surface area contributed by atoms with Gasteiger partial charge in [0.15, 0.2) is 0 Å². The Morgan fingerprint density at radius 2 is 1.92 bits per heavy atom. The molecular weight excluding hydrogens is 312 g/mol. The van der Waals surface area contributed by atoms with Crippen molar-refractivity contribution >= 4 is 11.8 Å². The molecule has 0 saturated carbocycles. The van der Waals surface area contributed by atoms with E-state index in [1.54, 1.807) is 0 Å². The highest BCUT2D eigenvalue weighted by Crippen LogP contribution is 2.35. The van der Waals surface area contributed by atoms with E-state index in [9.17, 15) is 9.59 Å². The van der Waals surface area contributed by atoms with Gasteiger partial charge in [0, 0.05) is 26.1 Å². The molecule has 0 spiro atoms. The van der Waals surface area contributed by atoms with E-state index in [4.69, 9.17) is 0 Å². The van der Waals surface area contributed by atoms with Crippen molar-refractivity contribution in [2.24, 2.45) is 11.8 Å². The second kappa shape index (κ2) is 7.59. The molecule has 0 bridgehead atoms. The van der Waals surface area contributed by atoms with Crippen molar-refractivity contribution in [1.82, 2.24) is 9.80 Å². The fraction of sp³-hybridized carbons (Fsp3) is 0.619. The molecule has 2 aliphatic rings. The van der Waals surface area contributed by atoms with Gasteiger partial charge >= 0.3 is 0 Å². The van der Waals surface area contributed by atoms with Crippen LogP contribution in [0.15, 0.2) is 24.3 Å². The third kappa shape index (κ3) is 3.73. The number of nitrogens with zero attached hydrogens (tertiary/aromatic N) is 2. The Kier molecular flexibility index (Phi) is 5.45. The lowest BCUT2D eigenvalue weighted by molar-refractivity contribution is -0.143. The van der Waals surface area contributed by atoms with Crippen molar-refractivity contribution < 1.29 is 9.59 Å². The summed E-state index contributed by atoms with van der Waals surface area (Å²) in [5.74, 6) is 0.304. The maximum Gasteiger partial charge on any atom is 0.227 e. The van der Waals surface area contributed by atoms with Crippen molar-refractivity contribution in [3.05, 3.63) is 35.4 Å². The zero-order valence-corrected chi connectivity index (χ0v) is 15.7. The van der Waals surface area contributed by atoms with E-state index in [1.165, 1.54) is 11.1 Å². The van der Waals surface area contributed by atoms with E-state index in [-0.39, 0.29) is 29.7 Å². The van der Waals surface area contributed by atoms with Crippen LogP contribution in [0.3, 0.4) is 0 Å². The number of aryl methyl sites for hydroxylation is 1. The van der Waals surface area contributed by atoms with Gasteiger partial charge in [0.2, 0.25) is 11.8 Å². The minimum Gasteiger partial charge on any atom is -0.342 e. The molecule has 25 heavy (non-hydrogen) atoms. The van der Waals surface area contributed by atoms with Crippen molar-refractivity contribution in [3.63, 3.8) is 0 Å². The molecule has 0 unspecified atom stereocenters. The number of rotatable bonds is 3. The highest BCUT2D eigenvalue weighted by atomic mass is 16.2. The lowest BCUT2D eigenvalue weighted by atomic mass is 9.86. The standard InChI is InChI=1S/C21H30N2O2/c1-15(2)20(24)23-13-7-10-17(14-23)21(25)22(3)19-12-6-9-16-8-4-5-11-18(16)19/h4-5,8,11,15,17,19H,6-7,9-10,12-14H2,1-3H3/t17-,19+/m1/s1. The van der Waals surface area contributed by atoms with Crippen LogP contribution in [0.25, 0.3) is 0 Å². The summed E-state index contributed by atoms with van der Waals surface area (Å²) >= 11 is 0. The molecule has 1 saturated heterocycles. The average Bonchev–Trinajstić information content (AvgIpc) is 2.65. The maximum absolute atomic E-state index is 13.1. The van der Waals surface area contributed by atoms with Crippen molar-refractivity contribution in [1.29, 1.82) is 0 Å². The summed E-state index contributed by atoms with van der Waals surface area (Å²) in [6.07, 6.45) is 5.07. The van der Waals surface area contributed by atoms with Crippen LogP contribution in [-0.4, -0.2) is 41.8 Å². The summed E-state index contributed by atoms with van der Waals surface area (Å²) < 4.78 is 0. The molecule has 2 amide bonds. The summed E-state index contributed by atoms with van der Waals surface area (Å²) in [4.78, 5) is 29.3. The molecule has 2 atom stereocenters. The number of benzene rings is 1. The smallest absolute Gasteiger partial charge is 0.227 e. The van der Waals surface area contributed by atoms with E-state index < -0.39 is 0 Å². The van der Waals surface area contributed by atoms with Crippen LogP contribution in [0.5, 0.6) is 0 Å². The molecule has 0 aromatic heterocycles. The summed E-state index contributed by atoms with van der Waals surface area (Å²) in [6, 6.07) is 8.68. The first-order chi connectivity index (χ1) is 12.0. The van der Waals surface area contributed by atoms with E-state index in [0.29, 0.717) is 6.54 Å². The van der Waals surface area contributed by atoms with E-state index in [1.807, 2.05) is 30.7 Å². The van der Waals surface area contributed by atoms with Gasteiger partial charge in [-0.1, -0.05) is 38.1 Å². The van der Waals surface area contributed by atoms with Crippen molar-refractivity contribution in [2.45, 2.75) is 52.0 Å². The molecule has 4 nitrogen and oxygen atoms in total. The van der Waals surface area contributed by atoms with Gasteiger partial charge in [0.1, 0.15) is 0 Å². The van der Waals surface area contributed by atoms with Gasteiger partial charge in [-0.3, -0.25) is 9.59 Å². The molecule has 0 N–H and O–H groups in total. The lowest BCUT2D eigenvalue weighted by Crippen LogP contribution is -2.47. The van der Waals surface area contributed by atoms with E-state index >= 15 is 0 Å². The highest BCUT2D eigenvalue weighted by Gasteiger charge is 2.34. The SMILES string of the molecule is CC(C)C(=O)N1CCC[C@@H](C(=O)N(C)[C@H]2CCCc3ccccc32)C1. The Labute approximate surface area is 151 Å². The third-order valence-corrected chi connectivity index (χ3v) is 5.73. The zero-order valence-electron chi connectivity index (χ0n) is 15.7. The van der Waals surface area contributed by atoms with Crippen LogP contribution < -0.4 is 0 Å². The van der Waals surface area contributed by atoms with Crippen LogP contribution in [0.1, 0.15) is 56.7 Å². The van der Waals surface area contributed by atoms with Crippen LogP contribution in [0.2, 0.25) is 0 Å². The Balaban J connectivity index is 1.72. The average molecular weight is 342 g/mol. The number of piperidine rings is 1. The second-order valence-corrected chi connectivity index (χ2v) is 7.83. The normalized spacial score (nSPS) is 23.3. The number of carbonyl (C=O) groups excluding carboxylic acids is 2. The highest BCUT2D eigenvalue weighted by molar-refractivity contribution is 5.82. The zero-order chi connectivity index (χ0) is 18.0. The molecule has 1 aromatic rings. The van der Waals surface area contributed by atoms with Crippen LogP contribution in [0.4, 0.5) is 0 Å². The first-order valence-electron chi connectivity index (χ1n) is 9.62. The molecule has 0 radical (unpaired) electrons. The fourth-order valence-electron chi connectivity index (χ4n) is 4.32. The largest absolute Gasteiger partial charge is 0.342 e. The Hall–Kier alpha value is -1.84. The van der Waals surface area contributed by atoms with Gasteiger partial charge in [-0.15, -0.1) is 0 Å². The van der Waals surface area contributed by atoms with Crippen molar-refractivity contribution in [3.8, 4) is 0 Å². The van der Waals surface area contributed by atoms with Gasteiger partial charge in [-0.2, -0.15) is 0 Å². The number of amides is 2. The first-order valence-corrected chi connectivity index (χ1v) is 9.62. The van der Waals surface area contributed by atoms with Crippen LogP contribution >= 0.6 is 0 Å². The summed E-state index contributed by atoms with van der Waals surface area (Å²) in [5.41, 5.74) is 2.68.